The minimum absolute atomic E-state index is 0.0695. The summed E-state index contributed by atoms with van der Waals surface area (Å²) in [4.78, 5) is 22.9. The molecule has 1 heterocycles. The lowest BCUT2D eigenvalue weighted by atomic mass is 10.1. The summed E-state index contributed by atoms with van der Waals surface area (Å²) in [6, 6.07) is -0.691. The van der Waals surface area contributed by atoms with Gasteiger partial charge in [0.1, 0.15) is 5.60 Å². The number of hydrogen-bond donors (Lipinski definition) is 1. The quantitative estimate of drug-likeness (QED) is 0.497. The van der Waals surface area contributed by atoms with E-state index in [2.05, 4.69) is 5.32 Å². The first kappa shape index (κ1) is 11.2. The standard InChI is InChI=1S/C10H17NO3/c1-6-5-7(12)8(11-6)9(13)14-10(2,3)4/h6,8,11H,5H2,1-4H3. The largest absolute Gasteiger partial charge is 0.458 e. The van der Waals surface area contributed by atoms with Crippen molar-refractivity contribution in [2.24, 2.45) is 0 Å². The fourth-order valence-electron chi connectivity index (χ4n) is 1.42. The maximum atomic E-state index is 11.5. The van der Waals surface area contributed by atoms with Gasteiger partial charge in [0.25, 0.3) is 0 Å². The van der Waals surface area contributed by atoms with Gasteiger partial charge in [0.2, 0.25) is 0 Å². The molecule has 80 valence electrons. The van der Waals surface area contributed by atoms with Crippen molar-refractivity contribution in [2.45, 2.75) is 51.8 Å². The minimum Gasteiger partial charge on any atom is -0.458 e. The smallest absolute Gasteiger partial charge is 0.331 e. The molecule has 0 aromatic rings. The summed E-state index contributed by atoms with van der Waals surface area (Å²) in [6.45, 7) is 7.23. The number of Topliss-reactive ketones (excluding diaryl/α,β-unsaturated/α-hetero) is 1. The summed E-state index contributed by atoms with van der Waals surface area (Å²) in [5, 5.41) is 2.90. The van der Waals surface area contributed by atoms with Gasteiger partial charge in [0, 0.05) is 12.5 Å². The number of carbonyl (C=O) groups is 2. The zero-order valence-corrected chi connectivity index (χ0v) is 9.09. The summed E-state index contributed by atoms with van der Waals surface area (Å²) < 4.78 is 5.12. The summed E-state index contributed by atoms with van der Waals surface area (Å²) in [5.41, 5.74) is -0.537. The molecule has 1 aliphatic rings. The van der Waals surface area contributed by atoms with E-state index in [1.165, 1.54) is 0 Å². The molecule has 2 atom stereocenters. The molecule has 0 saturated carbocycles. The fourth-order valence-corrected chi connectivity index (χ4v) is 1.42. The number of hydrogen-bond acceptors (Lipinski definition) is 4. The Morgan fingerprint density at radius 3 is 2.43 bits per heavy atom. The van der Waals surface area contributed by atoms with E-state index in [1.54, 1.807) is 20.8 Å². The van der Waals surface area contributed by atoms with Crippen molar-refractivity contribution in [3.05, 3.63) is 0 Å². The van der Waals surface area contributed by atoms with E-state index in [-0.39, 0.29) is 11.8 Å². The molecular weight excluding hydrogens is 182 g/mol. The lowest BCUT2D eigenvalue weighted by Gasteiger charge is -2.21. The van der Waals surface area contributed by atoms with Crippen molar-refractivity contribution in [3.63, 3.8) is 0 Å². The summed E-state index contributed by atoms with van der Waals surface area (Å²) >= 11 is 0. The van der Waals surface area contributed by atoms with E-state index >= 15 is 0 Å². The van der Waals surface area contributed by atoms with Crippen LogP contribution in [0.1, 0.15) is 34.1 Å². The van der Waals surface area contributed by atoms with Crippen molar-refractivity contribution in [2.75, 3.05) is 0 Å². The van der Waals surface area contributed by atoms with E-state index in [0.29, 0.717) is 6.42 Å². The van der Waals surface area contributed by atoms with E-state index < -0.39 is 17.6 Å². The summed E-state index contributed by atoms with van der Waals surface area (Å²) in [7, 11) is 0. The highest BCUT2D eigenvalue weighted by Gasteiger charge is 2.37. The Hall–Kier alpha value is -0.900. The molecule has 0 amide bonds. The molecule has 0 bridgehead atoms. The number of rotatable bonds is 1. The molecule has 0 spiro atoms. The number of carbonyl (C=O) groups excluding carboxylic acids is 2. The van der Waals surface area contributed by atoms with E-state index in [4.69, 9.17) is 4.74 Å². The average molecular weight is 199 g/mol. The van der Waals surface area contributed by atoms with Gasteiger partial charge in [-0.1, -0.05) is 0 Å². The first-order valence-electron chi connectivity index (χ1n) is 4.81. The van der Waals surface area contributed by atoms with Crippen LogP contribution >= 0.6 is 0 Å². The molecule has 2 unspecified atom stereocenters. The maximum Gasteiger partial charge on any atom is 0.331 e. The van der Waals surface area contributed by atoms with Crippen LogP contribution in [0.4, 0.5) is 0 Å². The summed E-state index contributed by atoms with van der Waals surface area (Å²) in [6.07, 6.45) is 0.407. The Balaban J connectivity index is 2.58. The minimum atomic E-state index is -0.760. The Bertz CT molecular complexity index is 255. The maximum absolute atomic E-state index is 11.5. The van der Waals surface area contributed by atoms with E-state index in [1.807, 2.05) is 6.92 Å². The van der Waals surface area contributed by atoms with Crippen LogP contribution in [0.2, 0.25) is 0 Å². The zero-order valence-electron chi connectivity index (χ0n) is 9.09. The molecule has 1 aliphatic heterocycles. The second kappa shape index (κ2) is 3.69. The molecule has 0 aromatic carbocycles. The second-order valence-electron chi connectivity index (χ2n) is 4.70. The SMILES string of the molecule is CC1CC(=O)C(C(=O)OC(C)(C)C)N1. The van der Waals surface area contributed by atoms with E-state index in [0.717, 1.165) is 0 Å². The third-order valence-electron chi connectivity index (χ3n) is 1.92. The van der Waals surface area contributed by atoms with Crippen LogP contribution < -0.4 is 5.32 Å². The fraction of sp³-hybridized carbons (Fsp3) is 0.800. The average Bonchev–Trinajstić information content (AvgIpc) is 2.26. The molecule has 1 rings (SSSR count). The van der Waals surface area contributed by atoms with Gasteiger partial charge in [0.05, 0.1) is 0 Å². The van der Waals surface area contributed by atoms with Gasteiger partial charge in [-0.2, -0.15) is 0 Å². The predicted octanol–water partition coefficient (Wildman–Crippen LogP) is 0.648. The zero-order chi connectivity index (χ0) is 10.9. The molecule has 14 heavy (non-hydrogen) atoms. The van der Waals surface area contributed by atoms with Crippen LogP contribution in [0.5, 0.6) is 0 Å². The van der Waals surface area contributed by atoms with Gasteiger partial charge >= 0.3 is 5.97 Å². The van der Waals surface area contributed by atoms with Gasteiger partial charge in [-0.05, 0) is 27.7 Å². The first-order valence-corrected chi connectivity index (χ1v) is 4.81. The second-order valence-corrected chi connectivity index (χ2v) is 4.70. The van der Waals surface area contributed by atoms with Crippen LogP contribution in [0, 0.1) is 0 Å². The topological polar surface area (TPSA) is 55.4 Å². The van der Waals surface area contributed by atoms with E-state index in [9.17, 15) is 9.59 Å². The Labute approximate surface area is 84.0 Å². The third kappa shape index (κ3) is 2.80. The molecule has 4 nitrogen and oxygen atoms in total. The predicted molar refractivity (Wildman–Crippen MR) is 51.9 cm³/mol. The molecule has 0 aromatic heterocycles. The highest BCUT2D eigenvalue weighted by Crippen LogP contribution is 2.14. The van der Waals surface area contributed by atoms with Crippen molar-refractivity contribution in [1.82, 2.24) is 5.32 Å². The van der Waals surface area contributed by atoms with Crippen LogP contribution in [-0.2, 0) is 14.3 Å². The van der Waals surface area contributed by atoms with Crippen molar-refractivity contribution >= 4 is 11.8 Å². The summed E-state index contributed by atoms with van der Waals surface area (Å²) in [5.74, 6) is -0.543. The van der Waals surface area contributed by atoms with Gasteiger partial charge in [-0.3, -0.25) is 10.1 Å². The van der Waals surface area contributed by atoms with Crippen LogP contribution in [0.3, 0.4) is 0 Å². The third-order valence-corrected chi connectivity index (χ3v) is 1.92. The molecule has 0 aliphatic carbocycles. The lowest BCUT2D eigenvalue weighted by molar-refractivity contribution is -0.158. The Morgan fingerprint density at radius 2 is 2.07 bits per heavy atom. The van der Waals surface area contributed by atoms with Gasteiger partial charge in [-0.25, -0.2) is 4.79 Å². The number of ketones is 1. The van der Waals surface area contributed by atoms with Crippen molar-refractivity contribution in [1.29, 1.82) is 0 Å². The molecule has 4 heteroatoms. The Kier molecular flexibility index (Phi) is 2.95. The molecular formula is C10H17NO3. The normalized spacial score (nSPS) is 27.9. The monoisotopic (exact) mass is 199 g/mol. The van der Waals surface area contributed by atoms with Crippen molar-refractivity contribution < 1.29 is 14.3 Å². The molecule has 1 N–H and O–H groups in total. The van der Waals surface area contributed by atoms with Crippen LogP contribution in [0.25, 0.3) is 0 Å². The number of nitrogens with one attached hydrogen (secondary N) is 1. The molecule has 1 fully saturated rings. The first-order chi connectivity index (χ1) is 6.29. The van der Waals surface area contributed by atoms with Gasteiger partial charge in [-0.15, -0.1) is 0 Å². The lowest BCUT2D eigenvalue weighted by Crippen LogP contribution is -2.42. The molecule has 1 saturated heterocycles. The van der Waals surface area contributed by atoms with Crippen LogP contribution in [-0.4, -0.2) is 29.4 Å². The number of ether oxygens (including phenoxy) is 1. The highest BCUT2D eigenvalue weighted by atomic mass is 16.6. The number of esters is 1. The highest BCUT2D eigenvalue weighted by molar-refractivity contribution is 6.05. The van der Waals surface area contributed by atoms with Gasteiger partial charge < -0.3 is 4.74 Å². The van der Waals surface area contributed by atoms with Gasteiger partial charge in [0.15, 0.2) is 11.8 Å². The van der Waals surface area contributed by atoms with Crippen molar-refractivity contribution in [3.8, 4) is 0 Å². The van der Waals surface area contributed by atoms with Crippen LogP contribution in [0.15, 0.2) is 0 Å². The molecule has 0 radical (unpaired) electrons. The Morgan fingerprint density at radius 1 is 1.50 bits per heavy atom.